The zero-order chi connectivity index (χ0) is 12.9. The van der Waals surface area contributed by atoms with Gasteiger partial charge in [0.15, 0.2) is 0 Å². The number of hydrogen-bond acceptors (Lipinski definition) is 4. The Balaban J connectivity index is 4.20. The lowest BCUT2D eigenvalue weighted by Crippen LogP contribution is -2.48. The highest BCUT2D eigenvalue weighted by Crippen LogP contribution is 2.08. The van der Waals surface area contributed by atoms with Gasteiger partial charge in [0.2, 0.25) is 5.91 Å². The van der Waals surface area contributed by atoms with Crippen molar-refractivity contribution < 1.29 is 14.3 Å². The summed E-state index contributed by atoms with van der Waals surface area (Å²) in [7, 11) is 0. The van der Waals surface area contributed by atoms with Crippen LogP contribution in [0.25, 0.3) is 0 Å². The van der Waals surface area contributed by atoms with Gasteiger partial charge >= 0.3 is 6.09 Å². The fraction of sp³-hybridized carbons (Fsp3) is 0.818. The zero-order valence-corrected chi connectivity index (χ0v) is 10.7. The molecule has 2 atom stereocenters. The van der Waals surface area contributed by atoms with E-state index in [0.29, 0.717) is 0 Å². The number of imide groups is 1. The minimum Gasteiger partial charge on any atom is -0.444 e. The lowest BCUT2D eigenvalue weighted by molar-refractivity contribution is -0.123. The van der Waals surface area contributed by atoms with Crippen molar-refractivity contribution in [3.05, 3.63) is 0 Å². The van der Waals surface area contributed by atoms with Gasteiger partial charge in [-0.25, -0.2) is 4.79 Å². The fourth-order valence-electron chi connectivity index (χ4n) is 1.000. The van der Waals surface area contributed by atoms with Gasteiger partial charge in [-0.05, 0) is 26.7 Å². The van der Waals surface area contributed by atoms with Crippen molar-refractivity contribution in [2.75, 3.05) is 0 Å². The highest BCUT2D eigenvalue weighted by atomic mass is 16.6. The Morgan fingerprint density at radius 2 is 1.88 bits per heavy atom. The van der Waals surface area contributed by atoms with Crippen molar-refractivity contribution >= 4 is 12.0 Å². The number of amides is 2. The minimum atomic E-state index is -0.753. The lowest BCUT2D eigenvalue weighted by Gasteiger charge is -2.21. The first-order valence-corrected chi connectivity index (χ1v) is 5.46. The Kier molecular flexibility index (Phi) is 5.44. The molecule has 0 bridgehead atoms. The summed E-state index contributed by atoms with van der Waals surface area (Å²) in [6, 6.07) is -0.683. The predicted molar refractivity (Wildman–Crippen MR) is 61.8 cm³/mol. The van der Waals surface area contributed by atoms with Gasteiger partial charge in [0.1, 0.15) is 5.60 Å². The summed E-state index contributed by atoms with van der Waals surface area (Å²) >= 11 is 0. The van der Waals surface area contributed by atoms with E-state index in [0.717, 1.165) is 6.42 Å². The highest BCUT2D eigenvalue weighted by Gasteiger charge is 2.24. The van der Waals surface area contributed by atoms with Crippen LogP contribution in [0.15, 0.2) is 0 Å². The monoisotopic (exact) mass is 230 g/mol. The normalized spacial score (nSPS) is 15.1. The summed E-state index contributed by atoms with van der Waals surface area (Å²) in [5.74, 6) is -0.467. The fourth-order valence-corrected chi connectivity index (χ4v) is 1.000. The molecule has 0 aromatic heterocycles. The standard InChI is InChI=1S/C11H22N2O3/c1-6-7(2)8(12)9(14)13-10(15)16-11(3,4)5/h7-8H,6,12H2,1-5H3,(H,13,14,15)/t7-,8-/m0/s1. The van der Waals surface area contributed by atoms with E-state index in [1.807, 2.05) is 13.8 Å². The molecule has 0 spiro atoms. The molecular formula is C11H22N2O3. The molecule has 2 amide bonds. The quantitative estimate of drug-likeness (QED) is 0.768. The Labute approximate surface area is 96.7 Å². The molecule has 0 aromatic carbocycles. The third-order valence-corrected chi connectivity index (χ3v) is 2.18. The second kappa shape index (κ2) is 5.84. The van der Waals surface area contributed by atoms with Crippen LogP contribution < -0.4 is 11.1 Å². The first-order chi connectivity index (χ1) is 7.17. The number of carbonyl (C=O) groups excluding carboxylic acids is 2. The van der Waals surface area contributed by atoms with Crippen LogP contribution in [-0.4, -0.2) is 23.6 Å². The smallest absolute Gasteiger partial charge is 0.414 e. The molecule has 0 saturated carbocycles. The van der Waals surface area contributed by atoms with Gasteiger partial charge in [0, 0.05) is 0 Å². The highest BCUT2D eigenvalue weighted by molar-refractivity contribution is 5.94. The van der Waals surface area contributed by atoms with E-state index in [4.69, 9.17) is 10.5 Å². The van der Waals surface area contributed by atoms with E-state index in [2.05, 4.69) is 5.32 Å². The topological polar surface area (TPSA) is 81.4 Å². The summed E-state index contributed by atoms with van der Waals surface area (Å²) in [6.07, 6.45) is 0.0272. The average Bonchev–Trinajstić information content (AvgIpc) is 2.12. The van der Waals surface area contributed by atoms with Crippen LogP contribution in [-0.2, 0) is 9.53 Å². The van der Waals surface area contributed by atoms with Crippen molar-refractivity contribution in [1.82, 2.24) is 5.32 Å². The molecule has 0 unspecified atom stereocenters. The molecule has 0 saturated heterocycles. The molecule has 5 heteroatoms. The first kappa shape index (κ1) is 14.9. The molecule has 0 aromatic rings. The van der Waals surface area contributed by atoms with E-state index in [1.165, 1.54) is 0 Å². The molecule has 0 fully saturated rings. The zero-order valence-electron chi connectivity index (χ0n) is 10.7. The number of ether oxygens (including phenoxy) is 1. The van der Waals surface area contributed by atoms with Crippen LogP contribution in [0.3, 0.4) is 0 Å². The van der Waals surface area contributed by atoms with E-state index in [1.54, 1.807) is 20.8 Å². The van der Waals surface area contributed by atoms with E-state index in [9.17, 15) is 9.59 Å². The van der Waals surface area contributed by atoms with Crippen LogP contribution >= 0.6 is 0 Å². The molecule has 0 rings (SSSR count). The number of hydrogen-bond donors (Lipinski definition) is 2. The minimum absolute atomic E-state index is 0.0300. The Bertz CT molecular complexity index is 258. The van der Waals surface area contributed by atoms with Crippen LogP contribution in [0.2, 0.25) is 0 Å². The summed E-state index contributed by atoms with van der Waals surface area (Å²) in [6.45, 7) is 8.98. The van der Waals surface area contributed by atoms with Crippen molar-refractivity contribution in [2.45, 2.75) is 52.7 Å². The molecule has 5 nitrogen and oxygen atoms in total. The van der Waals surface area contributed by atoms with Gasteiger partial charge in [-0.1, -0.05) is 20.3 Å². The molecule has 16 heavy (non-hydrogen) atoms. The van der Waals surface area contributed by atoms with Gasteiger partial charge in [0.05, 0.1) is 6.04 Å². The van der Waals surface area contributed by atoms with Gasteiger partial charge in [0.25, 0.3) is 0 Å². The molecular weight excluding hydrogens is 208 g/mol. The van der Waals surface area contributed by atoms with Gasteiger partial charge in [-0.15, -0.1) is 0 Å². The molecule has 0 aliphatic heterocycles. The molecule has 94 valence electrons. The summed E-state index contributed by atoms with van der Waals surface area (Å²) in [4.78, 5) is 22.8. The Morgan fingerprint density at radius 1 is 1.38 bits per heavy atom. The summed E-state index contributed by atoms with van der Waals surface area (Å²) in [5, 5.41) is 2.13. The maximum Gasteiger partial charge on any atom is 0.414 e. The maximum absolute atomic E-state index is 11.5. The molecule has 0 aliphatic carbocycles. The second-order valence-corrected chi connectivity index (χ2v) is 4.90. The largest absolute Gasteiger partial charge is 0.444 e. The second-order valence-electron chi connectivity index (χ2n) is 4.90. The number of nitrogens with one attached hydrogen (secondary N) is 1. The number of nitrogens with two attached hydrogens (primary N) is 1. The lowest BCUT2D eigenvalue weighted by atomic mass is 10.00. The van der Waals surface area contributed by atoms with Crippen molar-refractivity contribution in [3.63, 3.8) is 0 Å². The van der Waals surface area contributed by atoms with Crippen molar-refractivity contribution in [3.8, 4) is 0 Å². The van der Waals surface area contributed by atoms with Gasteiger partial charge in [-0.3, -0.25) is 10.1 Å². The van der Waals surface area contributed by atoms with Crippen molar-refractivity contribution in [1.29, 1.82) is 0 Å². The third-order valence-electron chi connectivity index (χ3n) is 2.18. The van der Waals surface area contributed by atoms with E-state index in [-0.39, 0.29) is 5.92 Å². The molecule has 0 radical (unpaired) electrons. The van der Waals surface area contributed by atoms with E-state index >= 15 is 0 Å². The Hall–Kier alpha value is -1.10. The van der Waals surface area contributed by atoms with Crippen LogP contribution in [0.5, 0.6) is 0 Å². The maximum atomic E-state index is 11.5. The SMILES string of the molecule is CC[C@H](C)[C@H](N)C(=O)NC(=O)OC(C)(C)C. The van der Waals surface area contributed by atoms with Crippen molar-refractivity contribution in [2.24, 2.45) is 11.7 Å². The van der Waals surface area contributed by atoms with Gasteiger partial charge < -0.3 is 10.5 Å². The Morgan fingerprint density at radius 3 is 2.25 bits per heavy atom. The van der Waals surface area contributed by atoms with Crippen LogP contribution in [0.4, 0.5) is 4.79 Å². The summed E-state index contributed by atoms with van der Waals surface area (Å²) < 4.78 is 4.95. The van der Waals surface area contributed by atoms with Crippen LogP contribution in [0, 0.1) is 5.92 Å². The van der Waals surface area contributed by atoms with E-state index < -0.39 is 23.6 Å². The number of rotatable bonds is 3. The third kappa shape index (κ3) is 5.70. The average molecular weight is 230 g/mol. The molecule has 0 aliphatic rings. The summed E-state index contributed by atoms with van der Waals surface area (Å²) in [5.41, 5.74) is 5.04. The number of alkyl carbamates (subject to hydrolysis) is 1. The predicted octanol–water partition coefficient (Wildman–Crippen LogP) is 1.41. The van der Waals surface area contributed by atoms with Crippen LogP contribution in [0.1, 0.15) is 41.0 Å². The molecule has 0 heterocycles. The van der Waals surface area contributed by atoms with Gasteiger partial charge in [-0.2, -0.15) is 0 Å². The number of carbonyl (C=O) groups is 2. The molecule has 3 N–H and O–H groups in total. The first-order valence-electron chi connectivity index (χ1n) is 5.46.